The van der Waals surface area contributed by atoms with Crippen LogP contribution in [0.2, 0.25) is 0 Å². The number of aromatic nitrogens is 1. The smallest absolute Gasteiger partial charge is 0.408 e. The Morgan fingerprint density at radius 2 is 1.89 bits per heavy atom. The summed E-state index contributed by atoms with van der Waals surface area (Å²) in [7, 11) is 0. The van der Waals surface area contributed by atoms with Crippen molar-refractivity contribution in [3.05, 3.63) is 57.9 Å². The number of nitrogens with one attached hydrogen (secondary N) is 1. The van der Waals surface area contributed by atoms with Crippen molar-refractivity contribution in [2.75, 3.05) is 5.12 Å². The Morgan fingerprint density at radius 3 is 2.44 bits per heavy atom. The number of pyridine rings is 1. The summed E-state index contributed by atoms with van der Waals surface area (Å²) in [4.78, 5) is 28.9. The van der Waals surface area contributed by atoms with Crippen molar-refractivity contribution in [1.29, 1.82) is 0 Å². The summed E-state index contributed by atoms with van der Waals surface area (Å²) in [6, 6.07) is 10.4. The normalized spacial score (nSPS) is 12.2. The largest absolute Gasteiger partial charge is 0.444 e. The number of anilines is 1. The maximum Gasteiger partial charge on any atom is 0.408 e. The molecule has 0 bridgehead atoms. The van der Waals surface area contributed by atoms with Gasteiger partial charge in [-0.2, -0.15) is 0 Å². The van der Waals surface area contributed by atoms with Crippen LogP contribution < -0.4 is 10.4 Å². The van der Waals surface area contributed by atoms with E-state index in [2.05, 4.69) is 32.9 Å². The number of nitrogens with zero attached hydrogens (tertiary/aromatic N) is 2. The summed E-state index contributed by atoms with van der Waals surface area (Å²) in [6.45, 7) is 5.11. The molecular weight excluding hydrogens is 464 g/mol. The van der Waals surface area contributed by atoms with Crippen LogP contribution in [0.15, 0.2) is 48.7 Å². The molecule has 1 unspecified atom stereocenters. The van der Waals surface area contributed by atoms with E-state index in [4.69, 9.17) is 4.74 Å². The van der Waals surface area contributed by atoms with E-state index in [1.807, 2.05) is 0 Å². The molecule has 0 spiro atoms. The zero-order valence-electron chi connectivity index (χ0n) is 15.3. The monoisotopic (exact) mass is 485 g/mol. The molecule has 0 radical (unpaired) electrons. The first-order chi connectivity index (χ1) is 12.7. The van der Waals surface area contributed by atoms with E-state index in [9.17, 15) is 14.1 Å². The highest BCUT2D eigenvalue weighted by atomic mass is 127. The number of amides is 2. The SMILES string of the molecule is CC(C)(C)OC(=O)NC(Cc1ccccn1)C(=O)N(F)c1ccc(I)cc1. The second kappa shape index (κ2) is 9.12. The van der Waals surface area contributed by atoms with Crippen molar-refractivity contribution in [1.82, 2.24) is 10.3 Å². The van der Waals surface area contributed by atoms with Crippen LogP contribution in [-0.4, -0.2) is 28.6 Å². The van der Waals surface area contributed by atoms with E-state index in [0.717, 1.165) is 3.57 Å². The molecule has 1 heterocycles. The Morgan fingerprint density at radius 1 is 1.22 bits per heavy atom. The predicted octanol–water partition coefficient (Wildman–Crippen LogP) is 4.04. The first-order valence-electron chi connectivity index (χ1n) is 8.30. The third kappa shape index (κ3) is 6.78. The molecule has 27 heavy (non-hydrogen) atoms. The van der Waals surface area contributed by atoms with Gasteiger partial charge in [-0.3, -0.25) is 9.78 Å². The molecule has 1 N–H and O–H groups in total. The summed E-state index contributed by atoms with van der Waals surface area (Å²) in [5.74, 6) is -0.910. The Bertz CT molecular complexity index is 779. The van der Waals surface area contributed by atoms with Gasteiger partial charge in [0.1, 0.15) is 11.6 Å². The third-order valence-corrected chi connectivity index (χ3v) is 4.09. The molecular formula is C19H21FIN3O3. The second-order valence-electron chi connectivity index (χ2n) is 6.82. The summed E-state index contributed by atoms with van der Waals surface area (Å²) < 4.78 is 20.8. The highest BCUT2D eigenvalue weighted by Crippen LogP contribution is 2.19. The quantitative estimate of drug-likeness (QED) is 0.513. The number of halogens is 2. The number of hydrogen-bond acceptors (Lipinski definition) is 4. The van der Waals surface area contributed by atoms with Crippen molar-refractivity contribution >= 4 is 40.3 Å². The lowest BCUT2D eigenvalue weighted by Crippen LogP contribution is -2.49. The maximum absolute atomic E-state index is 14.7. The number of alkyl carbamates (subject to hydrolysis) is 1. The molecule has 0 saturated heterocycles. The predicted molar refractivity (Wildman–Crippen MR) is 109 cm³/mol. The maximum atomic E-state index is 14.7. The lowest BCUT2D eigenvalue weighted by Gasteiger charge is -2.24. The van der Waals surface area contributed by atoms with Gasteiger partial charge in [-0.15, -0.1) is 5.12 Å². The molecule has 0 aliphatic heterocycles. The first-order valence-corrected chi connectivity index (χ1v) is 9.38. The van der Waals surface area contributed by atoms with Gasteiger partial charge >= 0.3 is 6.09 Å². The fourth-order valence-electron chi connectivity index (χ4n) is 2.21. The van der Waals surface area contributed by atoms with Crippen LogP contribution in [0.4, 0.5) is 15.0 Å². The minimum Gasteiger partial charge on any atom is -0.444 e. The summed E-state index contributed by atoms with van der Waals surface area (Å²) in [5.41, 5.74) is -0.117. The Labute approximate surface area is 171 Å². The minimum atomic E-state index is -1.17. The van der Waals surface area contributed by atoms with Gasteiger partial charge in [-0.05, 0) is 79.8 Å². The number of benzene rings is 1. The third-order valence-electron chi connectivity index (χ3n) is 3.38. The van der Waals surface area contributed by atoms with Gasteiger partial charge in [0.25, 0.3) is 5.91 Å². The van der Waals surface area contributed by atoms with E-state index in [1.165, 1.54) is 12.1 Å². The van der Waals surface area contributed by atoms with Crippen molar-refractivity contribution in [3.8, 4) is 0 Å². The van der Waals surface area contributed by atoms with Gasteiger partial charge in [0.05, 0.1) is 5.69 Å². The van der Waals surface area contributed by atoms with E-state index in [-0.39, 0.29) is 17.2 Å². The fraction of sp³-hybridized carbons (Fsp3) is 0.316. The highest BCUT2D eigenvalue weighted by molar-refractivity contribution is 14.1. The molecule has 2 rings (SSSR count). The van der Waals surface area contributed by atoms with Gasteiger partial charge in [0.2, 0.25) is 0 Å². The number of ether oxygens (including phenoxy) is 1. The lowest BCUT2D eigenvalue weighted by molar-refractivity contribution is -0.123. The number of rotatable bonds is 5. The topological polar surface area (TPSA) is 71.5 Å². The van der Waals surface area contributed by atoms with Crippen molar-refractivity contribution in [3.63, 3.8) is 0 Å². The van der Waals surface area contributed by atoms with E-state index >= 15 is 0 Å². The van der Waals surface area contributed by atoms with Crippen molar-refractivity contribution in [2.24, 2.45) is 0 Å². The molecule has 0 aliphatic rings. The molecule has 8 heteroatoms. The van der Waals surface area contributed by atoms with E-state index in [0.29, 0.717) is 5.69 Å². The van der Waals surface area contributed by atoms with Crippen LogP contribution in [-0.2, 0) is 16.0 Å². The zero-order chi connectivity index (χ0) is 20.0. The molecule has 0 aliphatic carbocycles. The average molecular weight is 485 g/mol. The Balaban J connectivity index is 2.20. The molecule has 2 aromatic rings. The van der Waals surface area contributed by atoms with Crippen LogP contribution in [0.25, 0.3) is 0 Å². The molecule has 1 aromatic heterocycles. The summed E-state index contributed by atoms with van der Waals surface area (Å²) >= 11 is 2.09. The van der Waals surface area contributed by atoms with E-state index < -0.39 is 23.6 Å². The average Bonchev–Trinajstić information content (AvgIpc) is 2.60. The second-order valence-corrected chi connectivity index (χ2v) is 8.07. The lowest BCUT2D eigenvalue weighted by atomic mass is 10.1. The molecule has 1 aromatic carbocycles. The van der Waals surface area contributed by atoms with Gasteiger partial charge in [0, 0.05) is 21.9 Å². The van der Waals surface area contributed by atoms with E-state index in [1.54, 1.807) is 57.3 Å². The Hall–Kier alpha value is -2.23. The fourth-order valence-corrected chi connectivity index (χ4v) is 2.57. The first kappa shape index (κ1) is 21.1. The van der Waals surface area contributed by atoms with Crippen LogP contribution in [0, 0.1) is 3.57 Å². The van der Waals surface area contributed by atoms with Crippen LogP contribution in [0.1, 0.15) is 26.5 Å². The van der Waals surface area contributed by atoms with Crippen molar-refractivity contribution in [2.45, 2.75) is 38.8 Å². The molecule has 6 nitrogen and oxygen atoms in total. The molecule has 0 saturated carbocycles. The number of carbonyl (C=O) groups excluding carboxylic acids is 2. The molecule has 2 amide bonds. The van der Waals surface area contributed by atoms with Gasteiger partial charge in [0.15, 0.2) is 0 Å². The van der Waals surface area contributed by atoms with Crippen LogP contribution in [0.5, 0.6) is 0 Å². The van der Waals surface area contributed by atoms with Crippen LogP contribution >= 0.6 is 22.6 Å². The molecule has 1 atom stereocenters. The Kier molecular flexibility index (Phi) is 7.11. The van der Waals surface area contributed by atoms with Gasteiger partial charge in [-0.1, -0.05) is 10.5 Å². The zero-order valence-corrected chi connectivity index (χ0v) is 17.4. The number of carbonyl (C=O) groups is 2. The summed E-state index contributed by atoms with van der Waals surface area (Å²) in [5, 5.41) is 2.48. The van der Waals surface area contributed by atoms with Gasteiger partial charge in [-0.25, -0.2) is 4.79 Å². The molecule has 144 valence electrons. The van der Waals surface area contributed by atoms with Crippen LogP contribution in [0.3, 0.4) is 0 Å². The summed E-state index contributed by atoms with van der Waals surface area (Å²) in [6.07, 6.45) is 0.799. The molecule has 0 fully saturated rings. The van der Waals surface area contributed by atoms with Crippen molar-refractivity contribution < 1.29 is 18.8 Å². The number of hydrogen-bond donors (Lipinski definition) is 1. The standard InChI is InChI=1S/C19H21FIN3O3/c1-19(2,3)27-18(26)23-16(12-14-6-4-5-11-22-14)17(25)24(20)15-9-7-13(21)8-10-15/h4-11,16H,12H2,1-3H3,(H,23,26). The highest BCUT2D eigenvalue weighted by Gasteiger charge is 2.30. The van der Waals surface area contributed by atoms with Gasteiger partial charge < -0.3 is 10.1 Å². The minimum absolute atomic E-state index is 0.0288.